The van der Waals surface area contributed by atoms with E-state index in [0.29, 0.717) is 11.4 Å². The number of pyridine rings is 1. The average Bonchev–Trinajstić information content (AvgIpc) is 3.45. The zero-order valence-electron chi connectivity index (χ0n) is 17.6. The van der Waals surface area contributed by atoms with Gasteiger partial charge in [-0.3, -0.25) is 9.89 Å². The monoisotopic (exact) mass is 440 g/mol. The lowest BCUT2D eigenvalue weighted by molar-refractivity contribution is -0.137. The van der Waals surface area contributed by atoms with Crippen LogP contribution in [0.3, 0.4) is 0 Å². The van der Waals surface area contributed by atoms with Crippen LogP contribution in [0, 0.1) is 0 Å². The van der Waals surface area contributed by atoms with Gasteiger partial charge in [-0.2, -0.15) is 5.10 Å². The molecule has 0 fully saturated rings. The third-order valence-corrected chi connectivity index (χ3v) is 6.22. The molecule has 0 unspecified atom stereocenters. The lowest BCUT2D eigenvalue weighted by atomic mass is 9.85. The number of rotatable bonds is 4. The maximum absolute atomic E-state index is 11.0. The Balaban J connectivity index is 1.61. The fraction of sp³-hybridized carbons (Fsp3) is 0.208. The van der Waals surface area contributed by atoms with Gasteiger partial charge in [0.15, 0.2) is 0 Å². The largest absolute Gasteiger partial charge is 0.508 e. The fourth-order valence-electron chi connectivity index (χ4n) is 4.80. The van der Waals surface area contributed by atoms with Crippen LogP contribution in [-0.4, -0.2) is 46.4 Å². The van der Waals surface area contributed by atoms with Gasteiger partial charge in [-0.1, -0.05) is 5.21 Å². The molecular formula is C24H20N6O3. The number of aromatic nitrogens is 6. The van der Waals surface area contributed by atoms with E-state index in [-0.39, 0.29) is 12.3 Å². The van der Waals surface area contributed by atoms with Gasteiger partial charge in [0.2, 0.25) is 0 Å². The van der Waals surface area contributed by atoms with Gasteiger partial charge in [-0.15, -0.1) is 5.10 Å². The maximum Gasteiger partial charge on any atom is 0.325 e. The summed E-state index contributed by atoms with van der Waals surface area (Å²) in [5.74, 6) is -0.752. The van der Waals surface area contributed by atoms with Crippen LogP contribution >= 0.6 is 0 Å². The van der Waals surface area contributed by atoms with Gasteiger partial charge in [-0.25, -0.2) is 9.67 Å². The van der Waals surface area contributed by atoms with Crippen LogP contribution in [-0.2, 0) is 24.2 Å². The van der Waals surface area contributed by atoms with Crippen LogP contribution in [0.4, 0.5) is 0 Å². The highest BCUT2D eigenvalue weighted by atomic mass is 16.4. The predicted molar refractivity (Wildman–Crippen MR) is 122 cm³/mol. The van der Waals surface area contributed by atoms with E-state index in [2.05, 4.69) is 20.5 Å². The lowest BCUT2D eigenvalue weighted by Crippen LogP contribution is -2.08. The standard InChI is InChI=1S/C24H20N6O3/c31-14-7-5-13(6-8-14)23-16-4-2-1-3-15(16)21-17(25-23)9-10-18-22(21)24(28-26-18)19-11-30(29-27-19)12-20(32)33/h5-11,31H,1-4,12H2,(H,26,28)(H,32,33). The number of phenols is 1. The number of nitrogens with one attached hydrogen (secondary N) is 1. The minimum atomic E-state index is -0.983. The van der Waals surface area contributed by atoms with E-state index in [1.165, 1.54) is 15.8 Å². The third kappa shape index (κ3) is 3.20. The van der Waals surface area contributed by atoms with E-state index < -0.39 is 5.97 Å². The van der Waals surface area contributed by atoms with Crippen molar-refractivity contribution < 1.29 is 15.0 Å². The molecule has 3 heterocycles. The maximum atomic E-state index is 11.0. The number of carboxylic acid groups (broad SMARTS) is 1. The Morgan fingerprint density at radius 1 is 1.00 bits per heavy atom. The van der Waals surface area contributed by atoms with Gasteiger partial charge in [0, 0.05) is 16.3 Å². The van der Waals surface area contributed by atoms with Crippen molar-refractivity contribution in [3.8, 4) is 28.4 Å². The molecule has 3 N–H and O–H groups in total. The molecule has 9 nitrogen and oxygen atoms in total. The highest BCUT2D eigenvalue weighted by Crippen LogP contribution is 2.40. The van der Waals surface area contributed by atoms with E-state index in [1.54, 1.807) is 18.3 Å². The Bertz CT molecular complexity index is 1530. The molecule has 0 aliphatic heterocycles. The van der Waals surface area contributed by atoms with Crippen LogP contribution in [0.1, 0.15) is 24.0 Å². The molecule has 6 rings (SSSR count). The average molecular weight is 440 g/mol. The molecule has 1 aliphatic rings. The number of carboxylic acids is 1. The number of hydrogen-bond acceptors (Lipinski definition) is 6. The molecular weight excluding hydrogens is 420 g/mol. The van der Waals surface area contributed by atoms with Crippen molar-refractivity contribution in [1.29, 1.82) is 0 Å². The van der Waals surface area contributed by atoms with Crippen molar-refractivity contribution in [3.05, 3.63) is 53.7 Å². The number of aromatic amines is 1. The first kappa shape index (κ1) is 19.4. The number of carbonyl (C=O) groups is 1. The van der Waals surface area contributed by atoms with Crippen molar-refractivity contribution in [2.45, 2.75) is 32.2 Å². The minimum absolute atomic E-state index is 0.231. The first-order valence-electron chi connectivity index (χ1n) is 10.8. The Hall–Kier alpha value is -4.27. The molecule has 164 valence electrons. The summed E-state index contributed by atoms with van der Waals surface area (Å²) in [6.45, 7) is -0.261. The Labute approximate surface area is 187 Å². The highest BCUT2D eigenvalue weighted by Gasteiger charge is 2.24. The zero-order chi connectivity index (χ0) is 22.5. The second kappa shape index (κ2) is 7.40. The second-order valence-corrected chi connectivity index (χ2v) is 8.32. The molecule has 9 heteroatoms. The van der Waals surface area contributed by atoms with Crippen molar-refractivity contribution in [3.63, 3.8) is 0 Å². The SMILES string of the molecule is O=C(O)Cn1cc(-c2n[nH]c3ccc4nc(-c5ccc(O)cc5)c5c(c4c23)CCCC5)nn1. The molecule has 0 bridgehead atoms. The molecule has 1 aliphatic carbocycles. The first-order valence-corrected chi connectivity index (χ1v) is 10.8. The molecule has 0 radical (unpaired) electrons. The number of nitrogens with zero attached hydrogens (tertiary/aromatic N) is 5. The lowest BCUT2D eigenvalue weighted by Gasteiger charge is -2.22. The molecule has 5 aromatic rings. The smallest absolute Gasteiger partial charge is 0.325 e. The number of fused-ring (bicyclic) bond motifs is 5. The normalized spacial score (nSPS) is 13.5. The van der Waals surface area contributed by atoms with Gasteiger partial charge in [0.1, 0.15) is 23.7 Å². The Morgan fingerprint density at radius 2 is 1.79 bits per heavy atom. The minimum Gasteiger partial charge on any atom is -0.508 e. The number of H-pyrrole nitrogens is 1. The summed E-state index contributed by atoms with van der Waals surface area (Å²) in [4.78, 5) is 16.1. The van der Waals surface area contributed by atoms with Gasteiger partial charge in [-0.05, 0) is 73.2 Å². The van der Waals surface area contributed by atoms with Crippen LogP contribution in [0.5, 0.6) is 5.75 Å². The van der Waals surface area contributed by atoms with E-state index in [4.69, 9.17) is 10.1 Å². The first-order chi connectivity index (χ1) is 16.1. The molecule has 3 aromatic heterocycles. The molecule has 0 amide bonds. The van der Waals surface area contributed by atoms with E-state index >= 15 is 0 Å². The van der Waals surface area contributed by atoms with Crippen molar-refractivity contribution in [2.24, 2.45) is 0 Å². The Morgan fingerprint density at radius 3 is 2.58 bits per heavy atom. The second-order valence-electron chi connectivity index (χ2n) is 8.32. The molecule has 0 atom stereocenters. The highest BCUT2D eigenvalue weighted by molar-refractivity contribution is 6.13. The van der Waals surface area contributed by atoms with E-state index in [0.717, 1.165) is 58.7 Å². The predicted octanol–water partition coefficient (Wildman–Crippen LogP) is 3.71. The summed E-state index contributed by atoms with van der Waals surface area (Å²) in [6, 6.07) is 11.1. The molecule has 2 aromatic carbocycles. The molecule has 0 saturated carbocycles. The van der Waals surface area contributed by atoms with Crippen LogP contribution < -0.4 is 0 Å². The van der Waals surface area contributed by atoms with Crippen LogP contribution in [0.15, 0.2) is 42.6 Å². The quantitative estimate of drug-likeness (QED) is 0.388. The van der Waals surface area contributed by atoms with E-state index in [1.807, 2.05) is 24.3 Å². The number of benzene rings is 2. The Kier molecular flexibility index (Phi) is 4.36. The topological polar surface area (TPSA) is 130 Å². The fourth-order valence-corrected chi connectivity index (χ4v) is 4.80. The van der Waals surface area contributed by atoms with Crippen molar-refractivity contribution in [2.75, 3.05) is 0 Å². The number of aryl methyl sites for hydroxylation is 1. The van der Waals surface area contributed by atoms with E-state index in [9.17, 15) is 9.90 Å². The number of phenolic OH excluding ortho intramolecular Hbond substituents is 1. The summed E-state index contributed by atoms with van der Waals surface area (Å²) in [5, 5.41) is 36.5. The number of hydrogen-bond donors (Lipinski definition) is 3. The van der Waals surface area contributed by atoms with Gasteiger partial charge >= 0.3 is 5.97 Å². The summed E-state index contributed by atoms with van der Waals surface area (Å²) >= 11 is 0. The van der Waals surface area contributed by atoms with Crippen LogP contribution in [0.2, 0.25) is 0 Å². The van der Waals surface area contributed by atoms with Gasteiger partial charge in [0.05, 0.1) is 22.9 Å². The summed E-state index contributed by atoms with van der Waals surface area (Å²) in [5.41, 5.74) is 7.32. The van der Waals surface area contributed by atoms with Gasteiger partial charge in [0.25, 0.3) is 0 Å². The zero-order valence-corrected chi connectivity index (χ0v) is 17.6. The summed E-state index contributed by atoms with van der Waals surface area (Å²) in [6.07, 6.45) is 5.68. The van der Waals surface area contributed by atoms with Crippen LogP contribution in [0.25, 0.3) is 44.5 Å². The third-order valence-electron chi connectivity index (χ3n) is 6.22. The summed E-state index contributed by atoms with van der Waals surface area (Å²) in [7, 11) is 0. The van der Waals surface area contributed by atoms with Crippen molar-refractivity contribution in [1.82, 2.24) is 30.2 Å². The summed E-state index contributed by atoms with van der Waals surface area (Å²) < 4.78 is 1.29. The molecule has 33 heavy (non-hydrogen) atoms. The number of aliphatic carboxylic acids is 1. The molecule has 0 saturated heterocycles. The number of aromatic hydroxyl groups is 1. The van der Waals surface area contributed by atoms with Crippen molar-refractivity contribution >= 4 is 27.8 Å². The van der Waals surface area contributed by atoms with Gasteiger partial charge < -0.3 is 10.2 Å². The molecule has 0 spiro atoms.